The molecule has 3 aromatic heterocycles. The molecule has 3 aromatic rings. The Morgan fingerprint density at radius 1 is 1.16 bits per heavy atom. The number of fused-ring (bicyclic) bond motifs is 3. The number of rotatable bonds is 4. The first-order valence-electron chi connectivity index (χ1n) is 12.2. The molecule has 1 aliphatic carbocycles. The second kappa shape index (κ2) is 8.99. The monoisotopic (exact) mass is 553 g/mol. The third-order valence-electron chi connectivity index (χ3n) is 7.64. The van der Waals surface area contributed by atoms with Gasteiger partial charge in [-0.2, -0.15) is 17.6 Å². The summed E-state index contributed by atoms with van der Waals surface area (Å²) in [6, 6.07) is 1.84. The summed E-state index contributed by atoms with van der Waals surface area (Å²) >= 11 is 0. The van der Waals surface area contributed by atoms with Crippen LogP contribution in [-0.4, -0.2) is 63.5 Å². The molecule has 8 nitrogen and oxygen atoms in total. The molecule has 0 radical (unpaired) electrons. The van der Waals surface area contributed by atoms with Gasteiger partial charge in [0, 0.05) is 59.6 Å². The van der Waals surface area contributed by atoms with E-state index in [1.807, 2.05) is 13.8 Å². The van der Waals surface area contributed by atoms with Crippen molar-refractivity contribution in [1.82, 2.24) is 24.5 Å². The first kappa shape index (κ1) is 26.5. The van der Waals surface area contributed by atoms with Gasteiger partial charge in [-0.25, -0.2) is 17.9 Å². The van der Waals surface area contributed by atoms with Crippen LogP contribution in [0.4, 0.5) is 17.6 Å². The minimum Gasteiger partial charge on any atom is -0.330 e. The molecule has 4 heterocycles. The molecule has 0 unspecified atom stereocenters. The molecule has 1 fully saturated rings. The van der Waals surface area contributed by atoms with Crippen LogP contribution < -0.4 is 0 Å². The van der Waals surface area contributed by atoms with E-state index in [9.17, 15) is 30.8 Å². The Bertz CT molecular complexity index is 1490. The first-order valence-corrected chi connectivity index (χ1v) is 14.0. The zero-order valence-electron chi connectivity index (χ0n) is 21.0. The molecule has 204 valence electrons. The summed E-state index contributed by atoms with van der Waals surface area (Å²) in [5, 5.41) is 3.93. The quantitative estimate of drug-likeness (QED) is 0.454. The fourth-order valence-electron chi connectivity index (χ4n) is 5.80. The maximum atomic E-state index is 14.2. The Morgan fingerprint density at radius 2 is 1.84 bits per heavy atom. The molecule has 0 spiro atoms. The van der Waals surface area contributed by atoms with Gasteiger partial charge >= 0.3 is 6.18 Å². The van der Waals surface area contributed by atoms with Crippen LogP contribution in [0.25, 0.3) is 5.65 Å². The van der Waals surface area contributed by atoms with E-state index in [1.165, 1.54) is 22.7 Å². The molecular formula is C25H27F4N5O3S. The predicted octanol–water partition coefficient (Wildman–Crippen LogP) is 3.96. The molecule has 0 N–H and O–H groups in total. The molecule has 2 atom stereocenters. The smallest absolute Gasteiger partial charge is 0.330 e. The Morgan fingerprint density at radius 3 is 2.45 bits per heavy atom. The van der Waals surface area contributed by atoms with Gasteiger partial charge in [-0.15, -0.1) is 5.10 Å². The van der Waals surface area contributed by atoms with Gasteiger partial charge in [0.05, 0.1) is 17.2 Å². The third-order valence-corrected chi connectivity index (χ3v) is 9.36. The second-order valence-electron chi connectivity index (χ2n) is 10.8. The van der Waals surface area contributed by atoms with E-state index < -0.39 is 45.2 Å². The Hall–Kier alpha value is -3.09. The summed E-state index contributed by atoms with van der Waals surface area (Å²) in [5.41, 5.74) is 1.83. The third kappa shape index (κ3) is 4.65. The van der Waals surface area contributed by atoms with E-state index in [-0.39, 0.29) is 35.8 Å². The minimum atomic E-state index is -4.77. The van der Waals surface area contributed by atoms with E-state index in [2.05, 4.69) is 15.1 Å². The normalized spacial score (nSPS) is 21.8. The first-order chi connectivity index (χ1) is 17.7. The Balaban J connectivity index is 1.44. The lowest BCUT2D eigenvalue weighted by Gasteiger charge is -2.34. The highest BCUT2D eigenvalue weighted by atomic mass is 32.2. The van der Waals surface area contributed by atoms with Gasteiger partial charge in [-0.3, -0.25) is 9.78 Å². The molecular weight excluding hydrogens is 526 g/mol. The number of hydrogen-bond donors (Lipinski definition) is 0. The number of alkyl halides is 3. The zero-order chi connectivity index (χ0) is 27.6. The van der Waals surface area contributed by atoms with Crippen LogP contribution >= 0.6 is 0 Å². The minimum absolute atomic E-state index is 0.00556. The molecule has 1 amide bonds. The van der Waals surface area contributed by atoms with E-state index in [1.54, 1.807) is 6.20 Å². The number of amides is 1. The number of aromatic nitrogens is 4. The zero-order valence-corrected chi connectivity index (χ0v) is 21.9. The van der Waals surface area contributed by atoms with Crippen LogP contribution in [0.5, 0.6) is 0 Å². The molecule has 0 bridgehead atoms. The lowest BCUT2D eigenvalue weighted by atomic mass is 9.88. The van der Waals surface area contributed by atoms with Crippen molar-refractivity contribution < 1.29 is 30.8 Å². The Kier molecular flexibility index (Phi) is 6.27. The number of hydrogen-bond acceptors (Lipinski definition) is 6. The summed E-state index contributed by atoms with van der Waals surface area (Å²) in [4.78, 5) is 22.2. The van der Waals surface area contributed by atoms with Gasteiger partial charge < -0.3 is 4.90 Å². The van der Waals surface area contributed by atoms with Crippen molar-refractivity contribution in [2.24, 2.45) is 5.92 Å². The number of nitrogens with zero attached hydrogens (tertiary/aromatic N) is 5. The number of pyridine rings is 1. The molecule has 0 aromatic carbocycles. The maximum absolute atomic E-state index is 14.2. The van der Waals surface area contributed by atoms with Gasteiger partial charge in [-0.1, -0.05) is 19.9 Å². The molecule has 2 aliphatic rings. The van der Waals surface area contributed by atoms with E-state index in [4.69, 9.17) is 0 Å². The van der Waals surface area contributed by atoms with Gasteiger partial charge in [0.25, 0.3) is 0 Å². The standard InChI is InChI=1S/C25H27F4N5O3S/c1-24(2)11-16(17-13-31-20-10-19(26)32-34(20)22(17)24)18-5-4-15(12-30-18)21(25(27,28)29)33(3)23(35)14-6-8-38(36,37)9-7-14/h4-5,10,12-14,16,21H,6-9,11H2,1-3H3/t16-,21-/m0/s1. The van der Waals surface area contributed by atoms with Crippen LogP contribution in [-0.2, 0) is 20.0 Å². The number of sulfone groups is 1. The van der Waals surface area contributed by atoms with Gasteiger partial charge in [0.2, 0.25) is 11.9 Å². The average molecular weight is 554 g/mol. The summed E-state index contributed by atoms with van der Waals surface area (Å²) in [5.74, 6) is -2.88. The maximum Gasteiger partial charge on any atom is 0.413 e. The topological polar surface area (TPSA) is 97.5 Å². The van der Waals surface area contributed by atoms with Crippen molar-refractivity contribution in [1.29, 1.82) is 0 Å². The van der Waals surface area contributed by atoms with E-state index >= 15 is 0 Å². The van der Waals surface area contributed by atoms with Crippen LogP contribution in [0.1, 0.15) is 67.6 Å². The Labute approximate surface area is 217 Å². The van der Waals surface area contributed by atoms with E-state index in [0.717, 1.165) is 24.5 Å². The van der Waals surface area contributed by atoms with Gasteiger partial charge in [0.15, 0.2) is 11.7 Å². The fraction of sp³-hybridized carbons (Fsp3) is 0.520. The highest BCUT2D eigenvalue weighted by molar-refractivity contribution is 7.91. The number of carbonyl (C=O) groups is 1. The molecule has 5 rings (SSSR count). The lowest BCUT2D eigenvalue weighted by Crippen LogP contribution is -2.44. The van der Waals surface area contributed by atoms with Crippen molar-refractivity contribution in [3.63, 3.8) is 0 Å². The highest BCUT2D eigenvalue weighted by Crippen LogP contribution is 2.48. The lowest BCUT2D eigenvalue weighted by molar-refractivity contribution is -0.190. The molecule has 1 aliphatic heterocycles. The fourth-order valence-corrected chi connectivity index (χ4v) is 7.29. The predicted molar refractivity (Wildman–Crippen MR) is 130 cm³/mol. The van der Waals surface area contributed by atoms with Gasteiger partial charge in [0.1, 0.15) is 9.84 Å². The SMILES string of the molecule is CN(C(=O)C1CCS(=O)(=O)CC1)[C@@H](c1ccc([C@H]2CC(C)(C)c3c2cnc2cc(F)nn32)nc1)C(F)(F)F. The summed E-state index contributed by atoms with van der Waals surface area (Å²) in [6.07, 6.45) is -1.42. The summed E-state index contributed by atoms with van der Waals surface area (Å²) in [7, 11) is -2.17. The molecule has 0 saturated carbocycles. The highest BCUT2D eigenvalue weighted by Gasteiger charge is 2.47. The van der Waals surface area contributed by atoms with Crippen molar-refractivity contribution in [2.75, 3.05) is 18.6 Å². The van der Waals surface area contributed by atoms with Crippen molar-refractivity contribution >= 4 is 21.4 Å². The average Bonchev–Trinajstić information content (AvgIpc) is 3.33. The second-order valence-corrected chi connectivity index (χ2v) is 13.1. The number of carbonyl (C=O) groups excluding carboxylic acids is 1. The van der Waals surface area contributed by atoms with E-state index in [0.29, 0.717) is 22.7 Å². The molecule has 38 heavy (non-hydrogen) atoms. The van der Waals surface area contributed by atoms with Crippen molar-refractivity contribution in [3.8, 4) is 0 Å². The van der Waals surface area contributed by atoms with Crippen molar-refractivity contribution in [2.45, 2.75) is 56.7 Å². The van der Waals surface area contributed by atoms with Crippen LogP contribution in [0, 0.1) is 11.9 Å². The van der Waals surface area contributed by atoms with Crippen LogP contribution in [0.2, 0.25) is 0 Å². The molecule has 1 saturated heterocycles. The van der Waals surface area contributed by atoms with Crippen LogP contribution in [0.15, 0.2) is 30.6 Å². The van der Waals surface area contributed by atoms with Crippen molar-refractivity contribution in [3.05, 3.63) is 59.1 Å². The summed E-state index contributed by atoms with van der Waals surface area (Å²) < 4.78 is 81.2. The van der Waals surface area contributed by atoms with Crippen LogP contribution in [0.3, 0.4) is 0 Å². The van der Waals surface area contributed by atoms with Gasteiger partial charge in [-0.05, 0) is 25.3 Å². The largest absolute Gasteiger partial charge is 0.413 e. The number of halogens is 4. The summed E-state index contributed by atoms with van der Waals surface area (Å²) in [6.45, 7) is 3.96. The molecule has 13 heteroatoms.